The fourth-order valence-corrected chi connectivity index (χ4v) is 6.44. The quantitative estimate of drug-likeness (QED) is 0.387. The van der Waals surface area contributed by atoms with Crippen LogP contribution in [0.4, 0.5) is 0 Å². The Kier molecular flexibility index (Phi) is 8.14. The summed E-state index contributed by atoms with van der Waals surface area (Å²) >= 11 is 0. The third kappa shape index (κ3) is 5.07. The first-order valence-electron chi connectivity index (χ1n) is 13.8. The maximum Gasteiger partial charge on any atom is 0.315 e. The number of rotatable bonds is 8. The largest absolute Gasteiger partial charge is 0.493 e. The van der Waals surface area contributed by atoms with E-state index < -0.39 is 11.8 Å². The molecule has 2 aromatic carbocycles. The van der Waals surface area contributed by atoms with E-state index in [9.17, 15) is 9.59 Å². The van der Waals surface area contributed by atoms with Crippen molar-refractivity contribution in [2.75, 3.05) is 28.4 Å². The molecule has 0 saturated heterocycles. The molecule has 1 unspecified atom stereocenters. The smallest absolute Gasteiger partial charge is 0.315 e. The predicted molar refractivity (Wildman–Crippen MR) is 151 cm³/mol. The Morgan fingerprint density at radius 1 is 0.875 bits per heavy atom. The van der Waals surface area contributed by atoms with Crippen LogP contribution in [-0.4, -0.2) is 52.0 Å². The maximum atomic E-state index is 14.0. The zero-order valence-corrected chi connectivity index (χ0v) is 23.8. The SMILES string of the molecule is COc1ccc([C@@H]2CC(=O)C3=C(C2)N=C(C)C(C(=O)OC2CCCC2)[C@H]3c2cccc(OC)c2OC)cc1OC. The normalized spacial score (nSPS) is 22.9. The van der Waals surface area contributed by atoms with Crippen molar-refractivity contribution >= 4 is 17.5 Å². The van der Waals surface area contributed by atoms with Crippen LogP contribution in [0.2, 0.25) is 0 Å². The second-order valence-corrected chi connectivity index (χ2v) is 10.6. The molecule has 0 N–H and O–H groups in total. The van der Waals surface area contributed by atoms with Gasteiger partial charge in [0.05, 0.1) is 28.4 Å². The Hall–Kier alpha value is -3.81. The lowest BCUT2D eigenvalue weighted by molar-refractivity contribution is -0.151. The number of hydrogen-bond acceptors (Lipinski definition) is 8. The lowest BCUT2D eigenvalue weighted by Gasteiger charge is -2.37. The summed E-state index contributed by atoms with van der Waals surface area (Å²) in [7, 11) is 6.34. The minimum atomic E-state index is -0.734. The average molecular weight is 548 g/mol. The van der Waals surface area contributed by atoms with Crippen molar-refractivity contribution in [1.29, 1.82) is 0 Å². The van der Waals surface area contributed by atoms with Crippen molar-refractivity contribution in [2.45, 2.75) is 63.4 Å². The molecule has 5 rings (SSSR count). The summed E-state index contributed by atoms with van der Waals surface area (Å²) in [6.45, 7) is 1.86. The van der Waals surface area contributed by atoms with Gasteiger partial charge in [0.25, 0.3) is 0 Å². The molecule has 1 heterocycles. The van der Waals surface area contributed by atoms with Gasteiger partial charge >= 0.3 is 5.97 Å². The first-order valence-corrected chi connectivity index (χ1v) is 13.8. The van der Waals surface area contributed by atoms with Crippen molar-refractivity contribution in [2.24, 2.45) is 10.9 Å². The molecule has 3 aliphatic rings. The molecule has 212 valence electrons. The summed E-state index contributed by atoms with van der Waals surface area (Å²) in [6, 6.07) is 11.3. The third-order valence-corrected chi connectivity index (χ3v) is 8.38. The first kappa shape index (κ1) is 27.7. The highest BCUT2D eigenvalue weighted by molar-refractivity contribution is 6.09. The molecule has 0 radical (unpaired) electrons. The van der Waals surface area contributed by atoms with Crippen LogP contribution in [0.3, 0.4) is 0 Å². The molecule has 40 heavy (non-hydrogen) atoms. The Morgan fingerprint density at radius 3 is 2.27 bits per heavy atom. The molecule has 2 aromatic rings. The van der Waals surface area contributed by atoms with E-state index >= 15 is 0 Å². The highest BCUT2D eigenvalue weighted by atomic mass is 16.5. The molecule has 2 aliphatic carbocycles. The lowest BCUT2D eigenvalue weighted by atomic mass is 9.69. The van der Waals surface area contributed by atoms with Gasteiger partial charge in [-0.1, -0.05) is 18.2 Å². The fourth-order valence-electron chi connectivity index (χ4n) is 6.44. The molecule has 1 saturated carbocycles. The predicted octanol–water partition coefficient (Wildman–Crippen LogP) is 5.78. The van der Waals surface area contributed by atoms with Crippen LogP contribution >= 0.6 is 0 Å². The van der Waals surface area contributed by atoms with Crippen LogP contribution in [0.25, 0.3) is 0 Å². The number of nitrogens with zero attached hydrogens (tertiary/aromatic N) is 1. The fraction of sp³-hybridized carbons (Fsp3) is 0.469. The molecule has 8 heteroatoms. The van der Waals surface area contributed by atoms with Crippen LogP contribution in [0.5, 0.6) is 23.0 Å². The maximum absolute atomic E-state index is 14.0. The van der Waals surface area contributed by atoms with Gasteiger partial charge in [0.1, 0.15) is 12.0 Å². The average Bonchev–Trinajstić information content (AvgIpc) is 3.48. The molecule has 1 aliphatic heterocycles. The van der Waals surface area contributed by atoms with Gasteiger partial charge in [-0.3, -0.25) is 14.6 Å². The number of hydrogen-bond donors (Lipinski definition) is 0. The van der Waals surface area contributed by atoms with Gasteiger partial charge in [-0.15, -0.1) is 0 Å². The van der Waals surface area contributed by atoms with Gasteiger partial charge in [0, 0.05) is 34.9 Å². The van der Waals surface area contributed by atoms with Crippen molar-refractivity contribution in [3.63, 3.8) is 0 Å². The zero-order valence-electron chi connectivity index (χ0n) is 23.8. The van der Waals surface area contributed by atoms with Gasteiger partial charge in [-0.25, -0.2) is 0 Å². The Morgan fingerprint density at radius 2 is 1.60 bits per heavy atom. The summed E-state index contributed by atoms with van der Waals surface area (Å²) in [5.74, 6) is 0.500. The molecule has 0 aromatic heterocycles. The molecular formula is C32H37NO7. The first-order chi connectivity index (χ1) is 19.4. The van der Waals surface area contributed by atoms with Crippen molar-refractivity contribution < 1.29 is 33.3 Å². The zero-order chi connectivity index (χ0) is 28.4. The number of para-hydroxylation sites is 1. The van der Waals surface area contributed by atoms with Crippen LogP contribution in [0, 0.1) is 5.92 Å². The summed E-state index contributed by atoms with van der Waals surface area (Å²) in [5, 5.41) is 0. The van der Waals surface area contributed by atoms with E-state index in [1.165, 1.54) is 0 Å². The minimum absolute atomic E-state index is 0.0363. The van der Waals surface area contributed by atoms with Gasteiger partial charge in [-0.05, 0) is 68.7 Å². The summed E-state index contributed by atoms with van der Waals surface area (Å²) < 4.78 is 28.3. The Bertz CT molecular complexity index is 1360. The van der Waals surface area contributed by atoms with Crippen LogP contribution in [0.15, 0.2) is 52.7 Å². The van der Waals surface area contributed by atoms with E-state index in [2.05, 4.69) is 0 Å². The number of esters is 1. The second-order valence-electron chi connectivity index (χ2n) is 10.6. The summed E-state index contributed by atoms with van der Waals surface area (Å²) in [6.07, 6.45) is 4.57. The number of carbonyl (C=O) groups is 2. The van der Waals surface area contributed by atoms with Crippen molar-refractivity contribution in [3.05, 3.63) is 58.8 Å². The molecular weight excluding hydrogens is 510 g/mol. The standard InChI is InChI=1S/C32H37NO7/c1-18-28(32(35)40-21-9-6-7-10-21)29(22-11-8-12-26(37-3)31(22)39-5)30-23(33-18)15-20(16-24(30)34)19-13-14-25(36-2)27(17-19)38-4/h8,11-14,17,20-21,28-29H,6-7,9-10,15-16H2,1-5H3/t20-,28?,29+/m0/s1. The topological polar surface area (TPSA) is 92.7 Å². The van der Waals surface area contributed by atoms with Crippen molar-refractivity contribution in [3.8, 4) is 23.0 Å². The Balaban J connectivity index is 1.59. The molecule has 3 atom stereocenters. The molecule has 1 fully saturated rings. The number of carbonyl (C=O) groups excluding carboxylic acids is 2. The number of ketones is 1. The highest BCUT2D eigenvalue weighted by Gasteiger charge is 2.46. The number of benzene rings is 2. The lowest BCUT2D eigenvalue weighted by Crippen LogP contribution is -2.39. The number of ether oxygens (including phenoxy) is 5. The van der Waals surface area contributed by atoms with Gasteiger partial charge in [0.15, 0.2) is 28.8 Å². The Labute approximate surface area is 235 Å². The number of Topliss-reactive ketones (excluding diaryl/α,β-unsaturated/α-hetero) is 1. The van der Waals surface area contributed by atoms with E-state index in [0.29, 0.717) is 46.4 Å². The van der Waals surface area contributed by atoms with E-state index in [-0.39, 0.29) is 30.2 Å². The minimum Gasteiger partial charge on any atom is -0.493 e. The second kappa shape index (κ2) is 11.7. The van der Waals surface area contributed by atoms with E-state index in [4.69, 9.17) is 28.7 Å². The summed E-state index contributed by atoms with van der Waals surface area (Å²) in [4.78, 5) is 32.7. The number of methoxy groups -OCH3 is 4. The van der Waals surface area contributed by atoms with E-state index in [0.717, 1.165) is 36.8 Å². The molecule has 0 spiro atoms. The van der Waals surface area contributed by atoms with Crippen LogP contribution in [-0.2, 0) is 14.3 Å². The van der Waals surface area contributed by atoms with Gasteiger partial charge in [-0.2, -0.15) is 0 Å². The van der Waals surface area contributed by atoms with E-state index in [1.54, 1.807) is 28.4 Å². The highest BCUT2D eigenvalue weighted by Crippen LogP contribution is 2.50. The number of allylic oxidation sites excluding steroid dienone is 2. The van der Waals surface area contributed by atoms with Crippen molar-refractivity contribution in [1.82, 2.24) is 0 Å². The monoisotopic (exact) mass is 547 g/mol. The van der Waals surface area contributed by atoms with E-state index in [1.807, 2.05) is 43.3 Å². The molecule has 8 nitrogen and oxygen atoms in total. The van der Waals surface area contributed by atoms with Gasteiger partial charge < -0.3 is 23.7 Å². The molecule has 0 bridgehead atoms. The molecule has 0 amide bonds. The summed E-state index contributed by atoms with van der Waals surface area (Å²) in [5.41, 5.74) is 3.59. The van der Waals surface area contributed by atoms with Crippen LogP contribution < -0.4 is 18.9 Å². The third-order valence-electron chi connectivity index (χ3n) is 8.38. The van der Waals surface area contributed by atoms with Crippen LogP contribution in [0.1, 0.15) is 68.4 Å². The van der Waals surface area contributed by atoms with Gasteiger partial charge in [0.2, 0.25) is 0 Å². The number of aliphatic imine (C=N–C) groups is 1.